The van der Waals surface area contributed by atoms with Gasteiger partial charge >= 0.3 is 0 Å². The Balaban J connectivity index is 2.09. The minimum atomic E-state index is 0.421. The van der Waals surface area contributed by atoms with Crippen LogP contribution in [-0.4, -0.2) is 12.2 Å². The van der Waals surface area contributed by atoms with Gasteiger partial charge in [-0.05, 0) is 51.0 Å². The second kappa shape index (κ2) is 3.46. The van der Waals surface area contributed by atoms with E-state index < -0.39 is 0 Å². The van der Waals surface area contributed by atoms with Gasteiger partial charge in [0.15, 0.2) is 0 Å². The lowest BCUT2D eigenvalue weighted by Crippen LogP contribution is -2.53. The summed E-state index contributed by atoms with van der Waals surface area (Å²) in [5.41, 5.74) is 4.60. The molecule has 5 atom stereocenters. The Kier molecular flexibility index (Phi) is 2.29. The maximum absolute atomic E-state index is 6.27. The van der Waals surface area contributed by atoms with Gasteiger partial charge in [0.2, 0.25) is 0 Å². The summed E-state index contributed by atoms with van der Waals surface area (Å²) in [7, 11) is 0. The molecule has 1 nitrogen and oxygen atoms in total. The largest absolute Gasteiger partial charge is 0.370 e. The molecule has 0 aromatic carbocycles. The molecule has 0 spiro atoms. The quantitative estimate of drug-likeness (QED) is 0.563. The van der Waals surface area contributed by atoms with E-state index in [1.807, 2.05) is 0 Å². The number of ether oxygens (including phenoxy) is 1. The average Bonchev–Trinajstić information content (AvgIpc) is 2.14. The van der Waals surface area contributed by atoms with Crippen molar-refractivity contribution >= 4 is 0 Å². The lowest BCUT2D eigenvalue weighted by Gasteiger charge is -2.54. The smallest absolute Gasteiger partial charge is 0.0800 e. The van der Waals surface area contributed by atoms with Crippen LogP contribution in [0, 0.1) is 17.8 Å². The molecule has 88 valence electrons. The summed E-state index contributed by atoms with van der Waals surface area (Å²) >= 11 is 0. The van der Waals surface area contributed by atoms with Crippen LogP contribution in [0.1, 0.15) is 40.5 Å². The Morgan fingerprint density at radius 1 is 1.38 bits per heavy atom. The molecule has 0 amide bonds. The summed E-state index contributed by atoms with van der Waals surface area (Å²) in [6.45, 7) is 9.17. The van der Waals surface area contributed by atoms with Crippen LogP contribution in [0.4, 0.5) is 0 Å². The maximum atomic E-state index is 6.27. The van der Waals surface area contributed by atoms with Crippen molar-refractivity contribution in [1.82, 2.24) is 0 Å². The predicted molar refractivity (Wildman–Crippen MR) is 66.2 cm³/mol. The van der Waals surface area contributed by atoms with Crippen LogP contribution in [0.25, 0.3) is 0 Å². The van der Waals surface area contributed by atoms with Crippen molar-refractivity contribution in [3.05, 3.63) is 22.8 Å². The molecule has 2 aliphatic carbocycles. The number of rotatable bonds is 0. The van der Waals surface area contributed by atoms with Gasteiger partial charge in [0.25, 0.3) is 0 Å². The highest BCUT2D eigenvalue weighted by molar-refractivity contribution is 5.33. The van der Waals surface area contributed by atoms with Crippen molar-refractivity contribution < 1.29 is 4.74 Å². The van der Waals surface area contributed by atoms with E-state index in [0.29, 0.717) is 18.1 Å². The standard InChI is InChI=1S/C15H22O/c1-8(2)14-11-5-9(3)6-12-15(11)10(4)7-13(14)16-12/h5,10-13,15H,6-7H2,1-4H3/t10-,11-,12-,13-,15+/m0/s1. The number of fused-ring (bicyclic) bond motifs is 1. The first-order valence-electron chi connectivity index (χ1n) is 6.58. The Morgan fingerprint density at radius 3 is 2.81 bits per heavy atom. The van der Waals surface area contributed by atoms with Gasteiger partial charge in [0, 0.05) is 5.92 Å². The van der Waals surface area contributed by atoms with Crippen molar-refractivity contribution in [3.63, 3.8) is 0 Å². The molecule has 4 aliphatic rings. The van der Waals surface area contributed by atoms with Crippen LogP contribution in [0.15, 0.2) is 22.8 Å². The minimum Gasteiger partial charge on any atom is -0.370 e. The van der Waals surface area contributed by atoms with Crippen molar-refractivity contribution in [3.8, 4) is 0 Å². The molecule has 4 bridgehead atoms. The minimum absolute atomic E-state index is 0.421. The molecule has 0 radical (unpaired) electrons. The number of hydrogen-bond acceptors (Lipinski definition) is 1. The third-order valence-electron chi connectivity index (χ3n) is 4.70. The maximum Gasteiger partial charge on any atom is 0.0800 e. The molecule has 4 rings (SSSR count). The summed E-state index contributed by atoms with van der Waals surface area (Å²) < 4.78 is 6.27. The molecule has 1 heteroatoms. The van der Waals surface area contributed by atoms with Crippen LogP contribution < -0.4 is 0 Å². The van der Waals surface area contributed by atoms with E-state index in [0.717, 1.165) is 18.3 Å². The normalized spacial score (nSPS) is 45.6. The molecule has 0 unspecified atom stereocenters. The molecule has 2 heterocycles. The van der Waals surface area contributed by atoms with Gasteiger partial charge in [-0.15, -0.1) is 0 Å². The fraction of sp³-hybridized carbons (Fsp3) is 0.733. The van der Waals surface area contributed by atoms with Gasteiger partial charge in [0.1, 0.15) is 0 Å². The zero-order valence-corrected chi connectivity index (χ0v) is 10.8. The molecule has 1 saturated carbocycles. The van der Waals surface area contributed by atoms with Gasteiger partial charge in [-0.1, -0.05) is 24.1 Å². The second-order valence-electron chi connectivity index (χ2n) is 6.15. The number of allylic oxidation sites excluding steroid dienone is 2. The van der Waals surface area contributed by atoms with Crippen LogP contribution in [0.3, 0.4) is 0 Å². The average molecular weight is 218 g/mol. The molecule has 2 aliphatic heterocycles. The van der Waals surface area contributed by atoms with Gasteiger partial charge < -0.3 is 4.74 Å². The Labute approximate surface area is 98.6 Å². The zero-order chi connectivity index (χ0) is 11.4. The summed E-state index contributed by atoms with van der Waals surface area (Å²) in [5.74, 6) is 2.27. The molecule has 2 saturated heterocycles. The zero-order valence-electron chi connectivity index (χ0n) is 10.8. The van der Waals surface area contributed by atoms with E-state index in [9.17, 15) is 0 Å². The van der Waals surface area contributed by atoms with Crippen LogP contribution in [0.2, 0.25) is 0 Å². The van der Waals surface area contributed by atoms with Gasteiger partial charge in [-0.3, -0.25) is 0 Å². The van der Waals surface area contributed by atoms with E-state index in [1.54, 1.807) is 5.57 Å². The highest BCUT2D eigenvalue weighted by atomic mass is 16.5. The molecule has 0 aromatic rings. The molecule has 0 N–H and O–H groups in total. The number of hydrogen-bond donors (Lipinski definition) is 0. The Morgan fingerprint density at radius 2 is 2.12 bits per heavy atom. The first kappa shape index (κ1) is 10.6. The van der Waals surface area contributed by atoms with Crippen molar-refractivity contribution in [2.75, 3.05) is 0 Å². The third-order valence-corrected chi connectivity index (χ3v) is 4.70. The van der Waals surface area contributed by atoms with E-state index in [1.165, 1.54) is 17.6 Å². The second-order valence-corrected chi connectivity index (χ2v) is 6.15. The van der Waals surface area contributed by atoms with Gasteiger partial charge in [-0.25, -0.2) is 0 Å². The molecule has 3 fully saturated rings. The van der Waals surface area contributed by atoms with Gasteiger partial charge in [-0.2, -0.15) is 0 Å². The van der Waals surface area contributed by atoms with E-state index >= 15 is 0 Å². The van der Waals surface area contributed by atoms with Crippen LogP contribution in [-0.2, 0) is 4.74 Å². The third kappa shape index (κ3) is 1.34. The van der Waals surface area contributed by atoms with Crippen molar-refractivity contribution in [2.45, 2.75) is 52.7 Å². The Hall–Kier alpha value is -0.560. The van der Waals surface area contributed by atoms with Crippen LogP contribution >= 0.6 is 0 Å². The fourth-order valence-corrected chi connectivity index (χ4v) is 4.16. The molecule has 16 heavy (non-hydrogen) atoms. The topological polar surface area (TPSA) is 9.23 Å². The highest BCUT2D eigenvalue weighted by Crippen LogP contribution is 2.53. The van der Waals surface area contributed by atoms with Gasteiger partial charge in [0.05, 0.1) is 12.2 Å². The highest BCUT2D eigenvalue weighted by Gasteiger charge is 2.50. The summed E-state index contributed by atoms with van der Waals surface area (Å²) in [4.78, 5) is 0. The summed E-state index contributed by atoms with van der Waals surface area (Å²) in [5, 5.41) is 0. The molecular formula is C15H22O. The van der Waals surface area contributed by atoms with Crippen LogP contribution in [0.5, 0.6) is 0 Å². The fourth-order valence-electron chi connectivity index (χ4n) is 4.16. The molecular weight excluding hydrogens is 196 g/mol. The summed E-state index contributed by atoms with van der Waals surface area (Å²) in [6.07, 6.45) is 5.86. The monoisotopic (exact) mass is 218 g/mol. The first-order chi connectivity index (χ1) is 7.58. The van der Waals surface area contributed by atoms with E-state index in [2.05, 4.69) is 33.8 Å². The predicted octanol–water partition coefficient (Wildman–Crippen LogP) is 3.71. The summed E-state index contributed by atoms with van der Waals surface area (Å²) in [6, 6.07) is 0. The first-order valence-corrected chi connectivity index (χ1v) is 6.58. The van der Waals surface area contributed by atoms with Crippen molar-refractivity contribution in [1.29, 1.82) is 0 Å². The van der Waals surface area contributed by atoms with E-state index in [-0.39, 0.29) is 0 Å². The Bertz CT molecular complexity index is 373. The molecule has 0 aromatic heterocycles. The lowest BCUT2D eigenvalue weighted by atomic mass is 9.60. The lowest BCUT2D eigenvalue weighted by molar-refractivity contribution is -0.137. The van der Waals surface area contributed by atoms with E-state index in [4.69, 9.17) is 4.74 Å². The SMILES string of the molecule is CC1=C[C@H]2C(=C(C)C)[C@@H]3C[C@H](C)[C@H]2[C@H](C1)O3. The van der Waals surface area contributed by atoms with Crippen molar-refractivity contribution in [2.24, 2.45) is 17.8 Å².